The second-order valence-corrected chi connectivity index (χ2v) is 3.86. The summed E-state index contributed by atoms with van der Waals surface area (Å²) >= 11 is 0. The van der Waals surface area contributed by atoms with E-state index >= 15 is 0 Å². The third-order valence-corrected chi connectivity index (χ3v) is 2.31. The lowest BCUT2D eigenvalue weighted by molar-refractivity contribution is 0.553. The molecule has 0 N–H and O–H groups in total. The van der Waals surface area contributed by atoms with E-state index in [4.69, 9.17) is 0 Å². The van der Waals surface area contributed by atoms with Crippen molar-refractivity contribution in [2.24, 2.45) is 10.9 Å². The van der Waals surface area contributed by atoms with Crippen LogP contribution in [0.2, 0.25) is 0 Å². The van der Waals surface area contributed by atoms with Crippen molar-refractivity contribution in [1.29, 1.82) is 0 Å². The van der Waals surface area contributed by atoms with E-state index in [1.807, 2.05) is 0 Å². The van der Waals surface area contributed by atoms with Crippen molar-refractivity contribution in [1.82, 2.24) is 0 Å². The van der Waals surface area contributed by atoms with Crippen molar-refractivity contribution in [3.8, 4) is 0 Å². The van der Waals surface area contributed by atoms with E-state index in [9.17, 15) is 0 Å². The molecule has 1 aliphatic rings. The fourth-order valence-corrected chi connectivity index (χ4v) is 1.69. The van der Waals surface area contributed by atoms with Crippen LogP contribution in [0.15, 0.2) is 4.99 Å². The summed E-state index contributed by atoms with van der Waals surface area (Å²) in [7, 11) is 0. The van der Waals surface area contributed by atoms with Crippen molar-refractivity contribution in [2.75, 3.05) is 0 Å². The van der Waals surface area contributed by atoms with Gasteiger partial charge in [0.1, 0.15) is 0 Å². The average Bonchev–Trinajstić information content (AvgIpc) is 1.93. The van der Waals surface area contributed by atoms with E-state index in [-0.39, 0.29) is 0 Å². The van der Waals surface area contributed by atoms with Crippen LogP contribution in [0, 0.1) is 5.92 Å². The van der Waals surface area contributed by atoms with Gasteiger partial charge in [0.05, 0.1) is 0 Å². The van der Waals surface area contributed by atoms with Crippen LogP contribution in [0.4, 0.5) is 0 Å². The lowest BCUT2D eigenvalue weighted by Gasteiger charge is -2.21. The third-order valence-electron chi connectivity index (χ3n) is 2.31. The highest BCUT2D eigenvalue weighted by molar-refractivity contribution is 5.87. The highest BCUT2D eigenvalue weighted by Gasteiger charge is 2.15. The molecule has 0 amide bonds. The molecule has 1 heteroatoms. The molecule has 11 heavy (non-hydrogen) atoms. The Hall–Kier alpha value is -0.330. The van der Waals surface area contributed by atoms with Crippen LogP contribution in [0.25, 0.3) is 0 Å². The molecule has 0 aromatic heterocycles. The van der Waals surface area contributed by atoms with Crippen molar-refractivity contribution in [2.45, 2.75) is 52.5 Å². The molecule has 1 nitrogen and oxygen atoms in total. The van der Waals surface area contributed by atoms with E-state index < -0.39 is 0 Å². The van der Waals surface area contributed by atoms with Crippen LogP contribution in [-0.4, -0.2) is 11.8 Å². The maximum absolute atomic E-state index is 4.63. The zero-order valence-corrected chi connectivity index (χ0v) is 7.93. The SMILES string of the molecule is CC(C)N=C1CCCCC1C. The van der Waals surface area contributed by atoms with Gasteiger partial charge in [-0.3, -0.25) is 4.99 Å². The molecule has 0 saturated heterocycles. The van der Waals surface area contributed by atoms with Crippen LogP contribution in [0.5, 0.6) is 0 Å². The number of hydrogen-bond donors (Lipinski definition) is 0. The Bertz CT molecular complexity index is 147. The smallest absolute Gasteiger partial charge is 0.0442 e. The van der Waals surface area contributed by atoms with Crippen LogP contribution in [0.1, 0.15) is 46.5 Å². The summed E-state index contributed by atoms with van der Waals surface area (Å²) < 4.78 is 0. The van der Waals surface area contributed by atoms with Gasteiger partial charge in [0.25, 0.3) is 0 Å². The second-order valence-electron chi connectivity index (χ2n) is 3.86. The van der Waals surface area contributed by atoms with E-state index in [1.54, 1.807) is 0 Å². The number of nitrogens with zero attached hydrogens (tertiary/aromatic N) is 1. The second kappa shape index (κ2) is 3.89. The summed E-state index contributed by atoms with van der Waals surface area (Å²) in [5, 5.41) is 0. The van der Waals surface area contributed by atoms with Crippen LogP contribution in [-0.2, 0) is 0 Å². The zero-order chi connectivity index (χ0) is 8.27. The predicted octanol–water partition coefficient (Wildman–Crippen LogP) is 3.05. The number of rotatable bonds is 1. The maximum Gasteiger partial charge on any atom is 0.0442 e. The molecule has 0 aliphatic heterocycles. The van der Waals surface area contributed by atoms with Crippen LogP contribution < -0.4 is 0 Å². The van der Waals surface area contributed by atoms with E-state index in [1.165, 1.54) is 31.4 Å². The van der Waals surface area contributed by atoms with Gasteiger partial charge in [0.15, 0.2) is 0 Å². The molecule has 1 atom stereocenters. The Labute approximate surface area is 69.9 Å². The van der Waals surface area contributed by atoms with Crippen molar-refractivity contribution >= 4 is 5.71 Å². The van der Waals surface area contributed by atoms with Gasteiger partial charge in [-0.1, -0.05) is 13.3 Å². The molecular weight excluding hydrogens is 134 g/mol. The minimum absolute atomic E-state index is 0.491. The van der Waals surface area contributed by atoms with Gasteiger partial charge in [-0.25, -0.2) is 0 Å². The Morgan fingerprint density at radius 2 is 2.09 bits per heavy atom. The summed E-state index contributed by atoms with van der Waals surface area (Å²) in [6.07, 6.45) is 5.36. The largest absolute Gasteiger partial charge is 0.291 e. The molecule has 1 fully saturated rings. The molecule has 0 heterocycles. The standard InChI is InChI=1S/C10H19N/c1-8(2)11-10-7-5-4-6-9(10)3/h8-9H,4-7H2,1-3H3. The Morgan fingerprint density at radius 3 is 2.64 bits per heavy atom. The first-order valence-electron chi connectivity index (χ1n) is 4.76. The van der Waals surface area contributed by atoms with E-state index in [0.29, 0.717) is 6.04 Å². The Kier molecular flexibility index (Phi) is 3.10. The first-order valence-corrected chi connectivity index (χ1v) is 4.76. The Balaban J connectivity index is 2.53. The Morgan fingerprint density at radius 1 is 1.36 bits per heavy atom. The molecule has 0 aromatic rings. The van der Waals surface area contributed by atoms with E-state index in [0.717, 1.165) is 5.92 Å². The number of hydrogen-bond acceptors (Lipinski definition) is 1. The molecule has 0 spiro atoms. The van der Waals surface area contributed by atoms with Gasteiger partial charge in [-0.05, 0) is 39.0 Å². The van der Waals surface area contributed by atoms with Crippen molar-refractivity contribution in [3.63, 3.8) is 0 Å². The minimum atomic E-state index is 0.491. The summed E-state index contributed by atoms with van der Waals surface area (Å²) in [5.74, 6) is 0.756. The average molecular weight is 153 g/mol. The zero-order valence-electron chi connectivity index (χ0n) is 7.93. The van der Waals surface area contributed by atoms with Crippen molar-refractivity contribution < 1.29 is 0 Å². The normalized spacial score (nSPS) is 29.8. The third kappa shape index (κ3) is 2.64. The lowest BCUT2D eigenvalue weighted by Crippen LogP contribution is -2.17. The fraction of sp³-hybridized carbons (Fsp3) is 0.900. The van der Waals surface area contributed by atoms with Gasteiger partial charge in [0.2, 0.25) is 0 Å². The molecule has 1 aliphatic carbocycles. The fourth-order valence-electron chi connectivity index (χ4n) is 1.69. The molecule has 1 rings (SSSR count). The van der Waals surface area contributed by atoms with Gasteiger partial charge in [-0.15, -0.1) is 0 Å². The minimum Gasteiger partial charge on any atom is -0.291 e. The van der Waals surface area contributed by atoms with Gasteiger partial charge < -0.3 is 0 Å². The molecule has 0 radical (unpaired) electrons. The monoisotopic (exact) mass is 153 g/mol. The van der Waals surface area contributed by atoms with Gasteiger partial charge >= 0.3 is 0 Å². The lowest BCUT2D eigenvalue weighted by atomic mass is 9.88. The quantitative estimate of drug-likeness (QED) is 0.549. The topological polar surface area (TPSA) is 12.4 Å². The molecule has 0 bridgehead atoms. The first kappa shape index (κ1) is 8.76. The molecule has 0 aromatic carbocycles. The molecule has 64 valence electrons. The van der Waals surface area contributed by atoms with Crippen molar-refractivity contribution in [3.05, 3.63) is 0 Å². The highest BCUT2D eigenvalue weighted by Crippen LogP contribution is 2.21. The summed E-state index contributed by atoms with van der Waals surface area (Å²) in [4.78, 5) is 4.63. The van der Waals surface area contributed by atoms with Crippen LogP contribution in [0.3, 0.4) is 0 Å². The summed E-state index contributed by atoms with van der Waals surface area (Å²) in [5.41, 5.74) is 1.46. The molecule has 1 saturated carbocycles. The molecular formula is C10H19N. The van der Waals surface area contributed by atoms with Gasteiger partial charge in [0, 0.05) is 11.8 Å². The summed E-state index contributed by atoms with van der Waals surface area (Å²) in [6.45, 7) is 6.63. The van der Waals surface area contributed by atoms with Crippen LogP contribution >= 0.6 is 0 Å². The first-order chi connectivity index (χ1) is 5.20. The van der Waals surface area contributed by atoms with Gasteiger partial charge in [-0.2, -0.15) is 0 Å². The molecule has 1 unspecified atom stereocenters. The predicted molar refractivity (Wildman–Crippen MR) is 50.2 cm³/mol. The summed E-state index contributed by atoms with van der Waals surface area (Å²) in [6, 6.07) is 0.491. The van der Waals surface area contributed by atoms with E-state index in [2.05, 4.69) is 25.8 Å². The highest BCUT2D eigenvalue weighted by atomic mass is 14.8. The number of aliphatic imine (C=N–C) groups is 1. The maximum atomic E-state index is 4.63.